The first-order valence-electron chi connectivity index (χ1n) is 8.62. The van der Waals surface area contributed by atoms with Gasteiger partial charge in [-0.05, 0) is 36.4 Å². The van der Waals surface area contributed by atoms with Crippen LogP contribution in [0.2, 0.25) is 10.0 Å². The standard InChI is InChI=1S/C20H21Cl2N3/c1-13(14-4-3-8-23-10-14)11-25-18-7-9-24(2)12-15(18)19-16(21)5-6-17(22)20(19)25/h3-6,8,10,13H,7,9,11-12H2,1-2H3. The Hall–Kier alpha value is -1.55. The molecule has 0 spiro atoms. The first-order chi connectivity index (χ1) is 12.1. The molecule has 4 rings (SSSR count). The molecule has 0 saturated heterocycles. The van der Waals surface area contributed by atoms with Crippen molar-refractivity contribution in [3.63, 3.8) is 0 Å². The van der Waals surface area contributed by atoms with Crippen LogP contribution in [0.5, 0.6) is 0 Å². The van der Waals surface area contributed by atoms with Gasteiger partial charge in [-0.15, -0.1) is 0 Å². The van der Waals surface area contributed by atoms with Gasteiger partial charge >= 0.3 is 0 Å². The van der Waals surface area contributed by atoms with Crippen molar-refractivity contribution < 1.29 is 0 Å². The minimum Gasteiger partial charge on any atom is -0.342 e. The van der Waals surface area contributed by atoms with Crippen molar-refractivity contribution in [2.45, 2.75) is 32.4 Å². The lowest BCUT2D eigenvalue weighted by Crippen LogP contribution is -2.27. The molecule has 1 aromatic carbocycles. The van der Waals surface area contributed by atoms with Crippen LogP contribution < -0.4 is 0 Å². The predicted octanol–water partition coefficient (Wildman–Crippen LogP) is 5.13. The Kier molecular flexibility index (Phi) is 4.48. The fourth-order valence-electron chi connectivity index (χ4n) is 3.88. The molecule has 3 heterocycles. The van der Waals surface area contributed by atoms with Crippen LogP contribution in [0.25, 0.3) is 10.9 Å². The smallest absolute Gasteiger partial charge is 0.0690 e. The molecule has 130 valence electrons. The number of halogens is 2. The molecule has 1 unspecified atom stereocenters. The van der Waals surface area contributed by atoms with E-state index in [1.54, 1.807) is 0 Å². The summed E-state index contributed by atoms with van der Waals surface area (Å²) < 4.78 is 2.39. The largest absolute Gasteiger partial charge is 0.342 e. The molecule has 0 radical (unpaired) electrons. The van der Waals surface area contributed by atoms with Crippen LogP contribution in [0.1, 0.15) is 29.7 Å². The topological polar surface area (TPSA) is 21.1 Å². The average molecular weight is 374 g/mol. The molecule has 1 atom stereocenters. The van der Waals surface area contributed by atoms with Gasteiger partial charge < -0.3 is 9.47 Å². The molecule has 3 aromatic rings. The molecule has 0 saturated carbocycles. The highest BCUT2D eigenvalue weighted by Gasteiger charge is 2.26. The summed E-state index contributed by atoms with van der Waals surface area (Å²) in [5.74, 6) is 0.350. The molecule has 0 fully saturated rings. The van der Waals surface area contributed by atoms with E-state index >= 15 is 0 Å². The second-order valence-electron chi connectivity index (χ2n) is 6.96. The number of hydrogen-bond acceptors (Lipinski definition) is 2. The summed E-state index contributed by atoms with van der Waals surface area (Å²) in [4.78, 5) is 6.60. The van der Waals surface area contributed by atoms with E-state index in [2.05, 4.69) is 34.5 Å². The maximum atomic E-state index is 6.61. The van der Waals surface area contributed by atoms with Crippen molar-refractivity contribution in [2.24, 2.45) is 0 Å². The fourth-order valence-corrected chi connectivity index (χ4v) is 4.41. The lowest BCUT2D eigenvalue weighted by molar-refractivity contribution is 0.308. The van der Waals surface area contributed by atoms with Gasteiger partial charge in [-0.1, -0.05) is 36.2 Å². The molecule has 2 aromatic heterocycles. The fraction of sp³-hybridized carbons (Fsp3) is 0.350. The predicted molar refractivity (Wildman–Crippen MR) is 105 cm³/mol. The van der Waals surface area contributed by atoms with Gasteiger partial charge in [-0.25, -0.2) is 0 Å². The van der Waals surface area contributed by atoms with Crippen molar-refractivity contribution in [1.82, 2.24) is 14.5 Å². The minimum atomic E-state index is 0.350. The number of pyridine rings is 1. The average Bonchev–Trinajstić information content (AvgIpc) is 2.93. The zero-order valence-corrected chi connectivity index (χ0v) is 16.0. The van der Waals surface area contributed by atoms with Crippen LogP contribution in [0.15, 0.2) is 36.7 Å². The van der Waals surface area contributed by atoms with Crippen LogP contribution >= 0.6 is 23.2 Å². The Labute approximate surface area is 158 Å². The second kappa shape index (κ2) is 6.64. The lowest BCUT2D eigenvalue weighted by Gasteiger charge is -2.25. The molecule has 25 heavy (non-hydrogen) atoms. The summed E-state index contributed by atoms with van der Waals surface area (Å²) in [6, 6.07) is 7.95. The lowest BCUT2D eigenvalue weighted by atomic mass is 10.0. The number of likely N-dealkylation sites (N-methyl/N-ethyl adjacent to an activating group) is 1. The summed E-state index contributed by atoms with van der Waals surface area (Å²) in [6.45, 7) is 5.09. The third-order valence-corrected chi connectivity index (χ3v) is 5.81. The molecule has 0 amide bonds. The van der Waals surface area contributed by atoms with Crippen LogP contribution in [0.3, 0.4) is 0 Å². The van der Waals surface area contributed by atoms with Gasteiger partial charge in [0.1, 0.15) is 0 Å². The highest BCUT2D eigenvalue weighted by molar-refractivity contribution is 6.40. The molecule has 1 aliphatic rings. The Balaban J connectivity index is 1.87. The Morgan fingerprint density at radius 2 is 2.00 bits per heavy atom. The first kappa shape index (κ1) is 16.9. The van der Waals surface area contributed by atoms with E-state index in [0.717, 1.165) is 47.0 Å². The summed E-state index contributed by atoms with van der Waals surface area (Å²) in [5, 5.41) is 2.68. The number of fused-ring (bicyclic) bond motifs is 3. The number of nitrogens with zero attached hydrogens (tertiary/aromatic N) is 3. The molecule has 0 aliphatic carbocycles. The normalized spacial score (nSPS) is 16.2. The van der Waals surface area contributed by atoms with Crippen LogP contribution in [0, 0.1) is 0 Å². The molecule has 1 aliphatic heterocycles. The van der Waals surface area contributed by atoms with E-state index in [0.29, 0.717) is 5.92 Å². The summed E-state index contributed by atoms with van der Waals surface area (Å²) in [5.41, 5.74) is 5.02. The quantitative estimate of drug-likeness (QED) is 0.633. The van der Waals surface area contributed by atoms with E-state index in [-0.39, 0.29) is 0 Å². The highest BCUT2D eigenvalue weighted by atomic mass is 35.5. The van der Waals surface area contributed by atoms with Gasteiger partial charge in [0.25, 0.3) is 0 Å². The molecule has 0 bridgehead atoms. The molecule has 0 N–H and O–H groups in total. The van der Waals surface area contributed by atoms with Gasteiger partial charge in [0.05, 0.1) is 15.6 Å². The first-order valence-corrected chi connectivity index (χ1v) is 9.38. The van der Waals surface area contributed by atoms with Gasteiger partial charge in [-0.2, -0.15) is 0 Å². The highest BCUT2D eigenvalue weighted by Crippen LogP contribution is 2.39. The van der Waals surface area contributed by atoms with Crippen molar-refractivity contribution in [1.29, 1.82) is 0 Å². The SMILES string of the molecule is CC(Cn1c2c(c3c(Cl)ccc(Cl)c31)CN(C)CC2)c1cccnc1. The third-order valence-electron chi connectivity index (χ3n) is 5.19. The Bertz CT molecular complexity index is 918. The maximum absolute atomic E-state index is 6.61. The van der Waals surface area contributed by atoms with Gasteiger partial charge in [-0.3, -0.25) is 4.98 Å². The number of benzene rings is 1. The van der Waals surface area contributed by atoms with Gasteiger partial charge in [0, 0.05) is 55.4 Å². The van der Waals surface area contributed by atoms with E-state index in [1.807, 2.05) is 30.6 Å². The molecular weight excluding hydrogens is 353 g/mol. The van der Waals surface area contributed by atoms with Crippen molar-refractivity contribution in [3.8, 4) is 0 Å². The summed E-state index contributed by atoms with van der Waals surface area (Å²) in [7, 11) is 2.16. The minimum absolute atomic E-state index is 0.350. The van der Waals surface area contributed by atoms with Crippen molar-refractivity contribution >= 4 is 34.1 Å². The second-order valence-corrected chi connectivity index (χ2v) is 7.78. The van der Waals surface area contributed by atoms with Crippen LogP contribution in [0.4, 0.5) is 0 Å². The maximum Gasteiger partial charge on any atom is 0.0690 e. The zero-order valence-electron chi connectivity index (χ0n) is 14.5. The van der Waals surface area contributed by atoms with Crippen molar-refractivity contribution in [2.75, 3.05) is 13.6 Å². The van der Waals surface area contributed by atoms with E-state index in [4.69, 9.17) is 23.2 Å². The molecular formula is C20H21Cl2N3. The van der Waals surface area contributed by atoms with Crippen LogP contribution in [-0.2, 0) is 19.5 Å². The number of hydrogen-bond donors (Lipinski definition) is 0. The summed E-state index contributed by atoms with van der Waals surface area (Å²) in [6.07, 6.45) is 4.79. The van der Waals surface area contributed by atoms with E-state index < -0.39 is 0 Å². The van der Waals surface area contributed by atoms with Gasteiger partial charge in [0.15, 0.2) is 0 Å². The Morgan fingerprint density at radius 1 is 1.20 bits per heavy atom. The zero-order chi connectivity index (χ0) is 17.6. The number of rotatable bonds is 3. The third kappa shape index (κ3) is 2.95. The van der Waals surface area contributed by atoms with Crippen LogP contribution in [-0.4, -0.2) is 28.0 Å². The monoisotopic (exact) mass is 373 g/mol. The molecule has 3 nitrogen and oxygen atoms in total. The Morgan fingerprint density at radius 3 is 2.76 bits per heavy atom. The number of aromatic nitrogens is 2. The van der Waals surface area contributed by atoms with E-state index in [9.17, 15) is 0 Å². The van der Waals surface area contributed by atoms with Gasteiger partial charge in [0.2, 0.25) is 0 Å². The molecule has 5 heteroatoms. The van der Waals surface area contributed by atoms with E-state index in [1.165, 1.54) is 16.8 Å². The summed E-state index contributed by atoms with van der Waals surface area (Å²) >= 11 is 13.2. The van der Waals surface area contributed by atoms with Crippen molar-refractivity contribution in [3.05, 3.63) is 63.5 Å².